The molecule has 0 aliphatic rings. The average molecular weight is 764 g/mol. The molecule has 0 aromatic heterocycles. The smallest absolute Gasteiger partial charge is 0.160 e. The van der Waals surface area contributed by atoms with E-state index in [1.165, 1.54) is 103 Å². The van der Waals surface area contributed by atoms with Gasteiger partial charge in [-0.1, -0.05) is 147 Å². The topological polar surface area (TPSA) is 82.4 Å². The molecule has 0 amide bonds. The van der Waals surface area contributed by atoms with Crippen LogP contribution in [0.25, 0.3) is 0 Å². The number of nitrogens with zero attached hydrogens (tertiary/aromatic N) is 1. The second-order valence-electron chi connectivity index (χ2n) is 16.0. The first-order valence-corrected chi connectivity index (χ1v) is 23.3. The molecule has 54 heavy (non-hydrogen) atoms. The van der Waals surface area contributed by atoms with Gasteiger partial charge >= 0.3 is 0 Å². The monoisotopic (exact) mass is 764 g/mol. The second kappa shape index (κ2) is 43.1. The van der Waals surface area contributed by atoms with Gasteiger partial charge in [0.05, 0.1) is 0 Å². The molecule has 0 aliphatic carbocycles. The van der Waals surface area contributed by atoms with Crippen LogP contribution in [0.5, 0.6) is 0 Å². The zero-order chi connectivity index (χ0) is 39.6. The Kier molecular flexibility index (Phi) is 42.3. The third-order valence-electron chi connectivity index (χ3n) is 10.9. The fourth-order valence-corrected chi connectivity index (χ4v) is 7.29. The van der Waals surface area contributed by atoms with Crippen LogP contribution in [0.4, 0.5) is 0 Å². The van der Waals surface area contributed by atoms with Gasteiger partial charge in [0.2, 0.25) is 0 Å². The molecule has 0 aromatic carbocycles. The number of ether oxygens (including phenoxy) is 2. The zero-order valence-corrected chi connectivity index (χ0v) is 36.3. The van der Waals surface area contributed by atoms with E-state index in [9.17, 15) is 15.3 Å². The molecule has 0 aliphatic heterocycles. The second-order valence-corrected chi connectivity index (χ2v) is 16.0. The highest BCUT2D eigenvalue weighted by molar-refractivity contribution is 4.91. The average Bonchev–Trinajstić information content (AvgIpc) is 3.17. The zero-order valence-electron chi connectivity index (χ0n) is 36.3. The van der Waals surface area contributed by atoms with Crippen LogP contribution in [0, 0.1) is 11.8 Å². The summed E-state index contributed by atoms with van der Waals surface area (Å²) in [7, 11) is 0. The number of hydrogen-bond donors (Lipinski definition) is 3. The molecule has 6 nitrogen and oxygen atoms in total. The highest BCUT2D eigenvalue weighted by Crippen LogP contribution is 2.23. The quantitative estimate of drug-likeness (QED) is 0.0326. The maximum absolute atomic E-state index is 10.9. The first-order valence-electron chi connectivity index (χ1n) is 23.3. The van der Waals surface area contributed by atoms with Crippen LogP contribution >= 0.6 is 0 Å². The Bertz CT molecular complexity index is 804. The first kappa shape index (κ1) is 53.0. The Morgan fingerprint density at radius 2 is 1.04 bits per heavy atom. The summed E-state index contributed by atoms with van der Waals surface area (Å²) in [6, 6.07) is 0. The number of aliphatic hydroxyl groups is 3. The number of unbranched alkanes of at least 4 members (excludes halogenated alkanes) is 19. The predicted molar refractivity (Wildman–Crippen MR) is 234 cm³/mol. The van der Waals surface area contributed by atoms with E-state index in [4.69, 9.17) is 9.47 Å². The van der Waals surface area contributed by atoms with Gasteiger partial charge in [0, 0.05) is 31.7 Å². The minimum atomic E-state index is -0.730. The molecule has 320 valence electrons. The van der Waals surface area contributed by atoms with Gasteiger partial charge in [-0.25, -0.2) is 0 Å². The third kappa shape index (κ3) is 35.4. The minimum Gasteiger partial charge on any atom is -0.396 e. The molecule has 0 heterocycles. The van der Waals surface area contributed by atoms with Gasteiger partial charge < -0.3 is 29.7 Å². The standard InChI is InChI=1S/C48H93NO5/c1-5-9-13-17-19-27-37-45(35-25-15-11-7-3)47(51)53-43-33-23-21-29-39-49(41-31-32-42-50)40-30-22-24-34-44-54-48(52)46(36-26-16-12-8-4)38-28-20-18-14-10-6-2/h5,7,9,25,35,45-48,50-52H,3,6,8,10-24,26-34,36-44H2,1-2,4H3/b9-5+,35-25+. The van der Waals surface area contributed by atoms with Crippen LogP contribution in [0.1, 0.15) is 207 Å². The number of aliphatic hydroxyl groups excluding tert-OH is 3. The van der Waals surface area contributed by atoms with Crippen LogP contribution in [0.3, 0.4) is 0 Å². The fourth-order valence-electron chi connectivity index (χ4n) is 7.29. The predicted octanol–water partition coefficient (Wildman–Crippen LogP) is 12.9. The third-order valence-corrected chi connectivity index (χ3v) is 10.9. The van der Waals surface area contributed by atoms with E-state index in [1.807, 2.05) is 6.08 Å². The molecule has 0 saturated heterocycles. The van der Waals surface area contributed by atoms with Crippen LogP contribution in [-0.4, -0.2) is 72.3 Å². The minimum absolute atomic E-state index is 0.0558. The van der Waals surface area contributed by atoms with Crippen molar-refractivity contribution in [3.05, 3.63) is 37.0 Å². The Balaban J connectivity index is 4.39. The van der Waals surface area contributed by atoms with Crippen LogP contribution < -0.4 is 0 Å². The maximum Gasteiger partial charge on any atom is 0.160 e. The van der Waals surface area contributed by atoms with Crippen molar-refractivity contribution in [2.45, 2.75) is 220 Å². The fraction of sp³-hybridized carbons (Fsp3) is 0.875. The summed E-state index contributed by atoms with van der Waals surface area (Å²) in [5.74, 6) is 0.338. The molecule has 0 aromatic rings. The van der Waals surface area contributed by atoms with Gasteiger partial charge in [0.15, 0.2) is 12.6 Å². The molecular formula is C48H93NO5. The van der Waals surface area contributed by atoms with Crippen molar-refractivity contribution in [1.82, 2.24) is 4.90 Å². The van der Waals surface area contributed by atoms with E-state index in [0.717, 1.165) is 103 Å². The summed E-state index contributed by atoms with van der Waals surface area (Å²) in [5.41, 5.74) is 0. The molecule has 0 fully saturated rings. The lowest BCUT2D eigenvalue weighted by molar-refractivity contribution is -0.138. The maximum atomic E-state index is 10.9. The van der Waals surface area contributed by atoms with E-state index in [-0.39, 0.29) is 18.4 Å². The normalized spacial score (nSPS) is 14.4. The molecular weight excluding hydrogens is 671 g/mol. The van der Waals surface area contributed by atoms with Crippen molar-refractivity contribution in [1.29, 1.82) is 0 Å². The summed E-state index contributed by atoms with van der Waals surface area (Å²) in [4.78, 5) is 2.59. The molecule has 0 rings (SSSR count). The number of hydrogen-bond acceptors (Lipinski definition) is 6. The van der Waals surface area contributed by atoms with Gasteiger partial charge in [0.1, 0.15) is 0 Å². The molecule has 3 N–H and O–H groups in total. The SMILES string of the molecule is C=CCC/C=C/C(CCCCC/C=C/C)C(O)OCCCCCCN(CCCCO)CCCCCCOC(O)C(CCCCCC)CCCCCCCC. The lowest BCUT2D eigenvalue weighted by Gasteiger charge is -2.24. The van der Waals surface area contributed by atoms with Crippen molar-refractivity contribution in [2.75, 3.05) is 39.5 Å². The van der Waals surface area contributed by atoms with Crippen molar-refractivity contribution >= 4 is 0 Å². The van der Waals surface area contributed by atoms with E-state index in [0.29, 0.717) is 13.2 Å². The summed E-state index contributed by atoms with van der Waals surface area (Å²) in [6.07, 6.45) is 42.7. The highest BCUT2D eigenvalue weighted by atomic mass is 16.6. The highest BCUT2D eigenvalue weighted by Gasteiger charge is 2.19. The van der Waals surface area contributed by atoms with Crippen LogP contribution in [0.15, 0.2) is 37.0 Å². The molecule has 0 spiro atoms. The Labute approximate surface area is 336 Å². The molecule has 4 atom stereocenters. The van der Waals surface area contributed by atoms with Gasteiger partial charge in [-0.2, -0.15) is 0 Å². The summed E-state index contributed by atoms with van der Waals surface area (Å²) in [6.45, 7) is 15.2. The van der Waals surface area contributed by atoms with Crippen LogP contribution in [0.2, 0.25) is 0 Å². The van der Waals surface area contributed by atoms with Gasteiger partial charge in [0.25, 0.3) is 0 Å². The number of rotatable bonds is 44. The van der Waals surface area contributed by atoms with E-state index < -0.39 is 12.6 Å². The van der Waals surface area contributed by atoms with Crippen LogP contribution in [-0.2, 0) is 9.47 Å². The molecule has 0 saturated carbocycles. The van der Waals surface area contributed by atoms with Crippen molar-refractivity contribution in [3.8, 4) is 0 Å². The van der Waals surface area contributed by atoms with Crippen molar-refractivity contribution < 1.29 is 24.8 Å². The van der Waals surface area contributed by atoms with E-state index in [1.54, 1.807) is 0 Å². The van der Waals surface area contributed by atoms with E-state index >= 15 is 0 Å². The summed E-state index contributed by atoms with van der Waals surface area (Å²) >= 11 is 0. The Morgan fingerprint density at radius 3 is 1.63 bits per heavy atom. The van der Waals surface area contributed by atoms with Crippen molar-refractivity contribution in [3.63, 3.8) is 0 Å². The van der Waals surface area contributed by atoms with Crippen molar-refractivity contribution in [2.24, 2.45) is 11.8 Å². The van der Waals surface area contributed by atoms with Gasteiger partial charge in [-0.05, 0) is 110 Å². The lowest BCUT2D eigenvalue weighted by atomic mass is 9.93. The molecule has 0 bridgehead atoms. The largest absolute Gasteiger partial charge is 0.396 e. The molecule has 6 heteroatoms. The summed E-state index contributed by atoms with van der Waals surface area (Å²) in [5, 5.41) is 31.1. The lowest BCUT2D eigenvalue weighted by Crippen LogP contribution is -2.27. The molecule has 4 unspecified atom stereocenters. The van der Waals surface area contributed by atoms with Gasteiger partial charge in [-0.15, -0.1) is 6.58 Å². The summed E-state index contributed by atoms with van der Waals surface area (Å²) < 4.78 is 12.0. The number of allylic oxidation sites excluding steroid dienone is 4. The Morgan fingerprint density at radius 1 is 0.537 bits per heavy atom. The van der Waals surface area contributed by atoms with Gasteiger partial charge in [-0.3, -0.25) is 0 Å². The molecule has 0 radical (unpaired) electrons. The van der Waals surface area contributed by atoms with E-state index in [2.05, 4.69) is 56.6 Å². The first-order chi connectivity index (χ1) is 26.5. The Hall–Kier alpha value is -1.02.